The number of nitrogens with two attached hydrogens (primary N) is 1. The summed E-state index contributed by atoms with van der Waals surface area (Å²) in [7, 11) is 0. The number of hydrogen-bond donors (Lipinski definition) is 1. The average Bonchev–Trinajstić information content (AvgIpc) is 2.78. The lowest BCUT2D eigenvalue weighted by molar-refractivity contribution is 0.742. The van der Waals surface area contributed by atoms with Gasteiger partial charge in [0.1, 0.15) is 0 Å². The van der Waals surface area contributed by atoms with Crippen molar-refractivity contribution in [2.75, 3.05) is 0 Å². The summed E-state index contributed by atoms with van der Waals surface area (Å²) in [6, 6.07) is 20.0. The molecule has 0 radical (unpaired) electrons. The zero-order valence-electron chi connectivity index (χ0n) is 11.6. The van der Waals surface area contributed by atoms with Gasteiger partial charge in [0.25, 0.3) is 0 Å². The van der Waals surface area contributed by atoms with Crippen LogP contribution in [0, 0.1) is 0 Å². The van der Waals surface area contributed by atoms with Gasteiger partial charge < -0.3 is 5.73 Å². The van der Waals surface area contributed by atoms with Crippen molar-refractivity contribution in [3.8, 4) is 22.3 Å². The maximum atomic E-state index is 5.99. The SMILES string of the molecule is CC(N)Cc1ccc2c3c(cccc13)-c1ccccc1-2. The Kier molecular flexibility index (Phi) is 2.45. The summed E-state index contributed by atoms with van der Waals surface area (Å²) in [5.74, 6) is 0. The van der Waals surface area contributed by atoms with Gasteiger partial charge in [-0.25, -0.2) is 0 Å². The maximum Gasteiger partial charge on any atom is 0.00511 e. The van der Waals surface area contributed by atoms with Crippen molar-refractivity contribution in [3.63, 3.8) is 0 Å². The quantitative estimate of drug-likeness (QED) is 0.568. The summed E-state index contributed by atoms with van der Waals surface area (Å²) in [6.07, 6.45) is 0.927. The highest BCUT2D eigenvalue weighted by molar-refractivity contribution is 6.15. The molecule has 1 unspecified atom stereocenters. The molecule has 0 bridgehead atoms. The lowest BCUT2D eigenvalue weighted by Crippen LogP contribution is -2.17. The minimum atomic E-state index is 0.191. The second-order valence-corrected chi connectivity index (χ2v) is 5.73. The molecule has 0 saturated carbocycles. The lowest BCUT2D eigenvalue weighted by atomic mass is 9.95. The summed E-state index contributed by atoms with van der Waals surface area (Å²) in [6.45, 7) is 2.07. The van der Waals surface area contributed by atoms with Crippen LogP contribution in [-0.2, 0) is 6.42 Å². The first-order valence-corrected chi connectivity index (χ1v) is 7.15. The molecule has 0 fully saturated rings. The third-order valence-corrected chi connectivity index (χ3v) is 4.18. The minimum absolute atomic E-state index is 0.191. The van der Waals surface area contributed by atoms with Gasteiger partial charge in [-0.15, -0.1) is 0 Å². The van der Waals surface area contributed by atoms with Crippen LogP contribution < -0.4 is 5.73 Å². The largest absolute Gasteiger partial charge is 0.328 e. The Balaban J connectivity index is 2.07. The Morgan fingerprint density at radius 1 is 0.800 bits per heavy atom. The van der Waals surface area contributed by atoms with Gasteiger partial charge in [0.2, 0.25) is 0 Å². The van der Waals surface area contributed by atoms with E-state index in [1.807, 2.05) is 0 Å². The van der Waals surface area contributed by atoms with E-state index in [4.69, 9.17) is 5.73 Å². The number of fused-ring (bicyclic) bond motifs is 3. The molecular formula is C19H17N. The van der Waals surface area contributed by atoms with Crippen molar-refractivity contribution >= 4 is 10.8 Å². The van der Waals surface area contributed by atoms with Crippen molar-refractivity contribution in [2.45, 2.75) is 19.4 Å². The van der Waals surface area contributed by atoms with Crippen LogP contribution in [0.15, 0.2) is 54.6 Å². The van der Waals surface area contributed by atoms with Crippen molar-refractivity contribution < 1.29 is 0 Å². The fourth-order valence-corrected chi connectivity index (χ4v) is 3.39. The predicted molar refractivity (Wildman–Crippen MR) is 85.7 cm³/mol. The molecule has 1 heteroatoms. The molecule has 20 heavy (non-hydrogen) atoms. The average molecular weight is 259 g/mol. The molecule has 0 aromatic heterocycles. The van der Waals surface area contributed by atoms with E-state index in [1.165, 1.54) is 38.6 Å². The first kappa shape index (κ1) is 11.7. The Bertz CT molecular complexity index is 786. The van der Waals surface area contributed by atoms with Crippen molar-refractivity contribution in [3.05, 3.63) is 60.2 Å². The Morgan fingerprint density at radius 3 is 2.15 bits per heavy atom. The van der Waals surface area contributed by atoms with E-state index in [0.29, 0.717) is 0 Å². The summed E-state index contributed by atoms with van der Waals surface area (Å²) in [4.78, 5) is 0. The van der Waals surface area contributed by atoms with Gasteiger partial charge in [0.05, 0.1) is 0 Å². The highest BCUT2D eigenvalue weighted by atomic mass is 14.6. The molecule has 0 aliphatic heterocycles. The molecule has 98 valence electrons. The third kappa shape index (κ3) is 1.53. The van der Waals surface area contributed by atoms with Crippen molar-refractivity contribution in [1.29, 1.82) is 0 Å². The molecule has 2 N–H and O–H groups in total. The molecule has 4 rings (SSSR count). The van der Waals surface area contributed by atoms with E-state index in [0.717, 1.165) is 6.42 Å². The minimum Gasteiger partial charge on any atom is -0.328 e. The first-order chi connectivity index (χ1) is 9.75. The molecular weight excluding hydrogens is 242 g/mol. The normalized spacial score (nSPS) is 13.5. The van der Waals surface area contributed by atoms with Crippen LogP contribution in [0.2, 0.25) is 0 Å². The molecule has 1 atom stereocenters. The van der Waals surface area contributed by atoms with Gasteiger partial charge in [0, 0.05) is 6.04 Å². The molecule has 3 aromatic carbocycles. The summed E-state index contributed by atoms with van der Waals surface area (Å²) in [5.41, 5.74) is 12.8. The predicted octanol–water partition coefficient (Wildman–Crippen LogP) is 4.38. The van der Waals surface area contributed by atoms with Gasteiger partial charge in [-0.1, -0.05) is 54.6 Å². The fourth-order valence-electron chi connectivity index (χ4n) is 3.39. The second-order valence-electron chi connectivity index (χ2n) is 5.73. The standard InChI is InChI=1S/C19H17N/c1-12(20)11-13-9-10-18-16-6-3-2-5-15(16)17-8-4-7-14(13)19(17)18/h2-10,12H,11,20H2,1H3. The van der Waals surface area contributed by atoms with Crippen LogP contribution in [0.4, 0.5) is 0 Å². The summed E-state index contributed by atoms with van der Waals surface area (Å²) >= 11 is 0. The van der Waals surface area contributed by atoms with Crippen LogP contribution in [0.1, 0.15) is 12.5 Å². The molecule has 1 aliphatic rings. The van der Waals surface area contributed by atoms with Crippen LogP contribution in [0.5, 0.6) is 0 Å². The van der Waals surface area contributed by atoms with E-state index in [9.17, 15) is 0 Å². The molecule has 1 nitrogen and oxygen atoms in total. The van der Waals surface area contributed by atoms with Crippen LogP contribution in [0.3, 0.4) is 0 Å². The first-order valence-electron chi connectivity index (χ1n) is 7.15. The number of hydrogen-bond acceptors (Lipinski definition) is 1. The second kappa shape index (κ2) is 4.19. The van der Waals surface area contributed by atoms with E-state index in [1.54, 1.807) is 0 Å². The van der Waals surface area contributed by atoms with Crippen LogP contribution >= 0.6 is 0 Å². The van der Waals surface area contributed by atoms with Gasteiger partial charge in [0.15, 0.2) is 0 Å². The third-order valence-electron chi connectivity index (χ3n) is 4.18. The molecule has 3 aromatic rings. The molecule has 0 spiro atoms. The van der Waals surface area contributed by atoms with Gasteiger partial charge in [-0.3, -0.25) is 0 Å². The zero-order valence-corrected chi connectivity index (χ0v) is 11.6. The van der Waals surface area contributed by atoms with Gasteiger partial charge in [-0.2, -0.15) is 0 Å². The fraction of sp³-hybridized carbons (Fsp3) is 0.158. The van der Waals surface area contributed by atoms with Crippen LogP contribution in [-0.4, -0.2) is 6.04 Å². The Morgan fingerprint density at radius 2 is 1.45 bits per heavy atom. The molecule has 1 aliphatic carbocycles. The molecule has 0 saturated heterocycles. The summed E-state index contributed by atoms with van der Waals surface area (Å²) < 4.78 is 0. The van der Waals surface area contributed by atoms with E-state index in [-0.39, 0.29) is 6.04 Å². The highest BCUT2D eigenvalue weighted by Crippen LogP contribution is 2.47. The number of rotatable bonds is 2. The smallest absolute Gasteiger partial charge is 0.00511 e. The van der Waals surface area contributed by atoms with Crippen molar-refractivity contribution in [2.24, 2.45) is 5.73 Å². The monoisotopic (exact) mass is 259 g/mol. The van der Waals surface area contributed by atoms with Gasteiger partial charge in [-0.05, 0) is 51.9 Å². The zero-order chi connectivity index (χ0) is 13.7. The van der Waals surface area contributed by atoms with E-state index in [2.05, 4.69) is 61.5 Å². The maximum absolute atomic E-state index is 5.99. The number of benzene rings is 3. The Labute approximate surface area is 119 Å². The van der Waals surface area contributed by atoms with E-state index < -0.39 is 0 Å². The Hall–Kier alpha value is -2.12. The highest BCUT2D eigenvalue weighted by Gasteiger charge is 2.21. The van der Waals surface area contributed by atoms with E-state index >= 15 is 0 Å². The topological polar surface area (TPSA) is 26.0 Å². The summed E-state index contributed by atoms with van der Waals surface area (Å²) in [5, 5.41) is 2.75. The van der Waals surface area contributed by atoms with Crippen LogP contribution in [0.25, 0.3) is 33.0 Å². The van der Waals surface area contributed by atoms with Crippen molar-refractivity contribution in [1.82, 2.24) is 0 Å². The lowest BCUT2D eigenvalue weighted by Gasteiger charge is -2.11. The van der Waals surface area contributed by atoms with Gasteiger partial charge >= 0.3 is 0 Å². The molecule has 0 heterocycles. The molecule has 0 amide bonds.